The molecule has 0 atom stereocenters. The summed E-state index contributed by atoms with van der Waals surface area (Å²) in [5.41, 5.74) is 0.159. The summed E-state index contributed by atoms with van der Waals surface area (Å²) in [4.78, 5) is 4.04. The Morgan fingerprint density at radius 2 is 2.00 bits per heavy atom. The smallest absolute Gasteiger partial charge is 0.167 e. The predicted octanol–water partition coefficient (Wildman–Crippen LogP) is 3.34. The minimum absolute atomic E-state index is 0.0129. The first-order valence-electron chi connectivity index (χ1n) is 7.32. The van der Waals surface area contributed by atoms with E-state index < -0.39 is 30.4 Å². The van der Waals surface area contributed by atoms with Gasteiger partial charge in [0, 0.05) is 20.7 Å². The fraction of sp³-hybridized carbons (Fsp3) is 0.500. The number of thiol groups is 1. The summed E-state index contributed by atoms with van der Waals surface area (Å²) < 4.78 is 57.1. The van der Waals surface area contributed by atoms with Gasteiger partial charge in [0.1, 0.15) is 40.3 Å². The molecule has 0 bridgehead atoms. The van der Waals surface area contributed by atoms with E-state index in [1.54, 1.807) is 22.6 Å². The lowest BCUT2D eigenvalue weighted by Crippen LogP contribution is -2.22. The molecule has 0 spiro atoms. The Morgan fingerprint density at radius 3 is 2.58 bits per heavy atom. The zero-order chi connectivity index (χ0) is 18.1. The molecular weight excluding hydrogens is 469 g/mol. The lowest BCUT2D eigenvalue weighted by molar-refractivity contribution is 0.0883. The Hall–Kier alpha value is -0.593. The van der Waals surface area contributed by atoms with Crippen LogP contribution in [0.25, 0.3) is 11.0 Å². The van der Waals surface area contributed by atoms with E-state index in [2.05, 4.69) is 24.6 Å². The Kier molecular flexibility index (Phi) is 6.37. The van der Waals surface area contributed by atoms with E-state index in [9.17, 15) is 17.2 Å². The highest BCUT2D eigenvalue weighted by Gasteiger charge is 2.20. The van der Waals surface area contributed by atoms with Crippen molar-refractivity contribution in [2.45, 2.75) is 38.2 Å². The number of benzene rings is 1. The van der Waals surface area contributed by atoms with Crippen LogP contribution in [0.4, 0.5) is 8.78 Å². The third kappa shape index (κ3) is 4.73. The molecule has 10 heteroatoms. The molecule has 24 heavy (non-hydrogen) atoms. The number of imidazole rings is 1. The van der Waals surface area contributed by atoms with Crippen molar-refractivity contribution in [3.8, 4) is 0 Å². The first-order valence-corrected chi connectivity index (χ1v) is 13.5. The molecule has 0 saturated carbocycles. The van der Waals surface area contributed by atoms with Gasteiger partial charge in [-0.3, -0.25) is 0 Å². The number of fused-ring (bicyclic) bond motifs is 1. The minimum Gasteiger partial charge on any atom is -0.361 e. The van der Waals surface area contributed by atoms with E-state index in [1.807, 2.05) is 0 Å². The summed E-state index contributed by atoms with van der Waals surface area (Å²) in [6.45, 7) is 7.15. The van der Waals surface area contributed by atoms with Crippen LogP contribution in [0.5, 0.6) is 0 Å². The zero-order valence-corrected chi connectivity index (χ0v) is 17.7. The second kappa shape index (κ2) is 7.75. The van der Waals surface area contributed by atoms with Gasteiger partial charge in [-0.1, -0.05) is 19.6 Å². The molecular formula is C14H19F2IN2O3SSi. The van der Waals surface area contributed by atoms with E-state index in [-0.39, 0.29) is 32.9 Å². The molecule has 0 amide bonds. The van der Waals surface area contributed by atoms with Crippen LogP contribution >= 0.6 is 22.6 Å². The SMILES string of the molecule is C[Si](C)(C)CCOCn1c(C[SH](=O)=O)nc2c(F)c(I)c(F)cc21. The van der Waals surface area contributed by atoms with Crippen molar-refractivity contribution in [1.29, 1.82) is 0 Å². The summed E-state index contributed by atoms with van der Waals surface area (Å²) in [5.74, 6) is -1.69. The van der Waals surface area contributed by atoms with Crippen molar-refractivity contribution in [2.24, 2.45) is 0 Å². The molecule has 1 heterocycles. The molecule has 0 aliphatic rings. The third-order valence-electron chi connectivity index (χ3n) is 3.45. The average Bonchev–Trinajstić information content (AvgIpc) is 2.77. The van der Waals surface area contributed by atoms with Crippen LogP contribution in [0.1, 0.15) is 5.82 Å². The molecule has 0 aliphatic carbocycles. The Labute approximate surface area is 155 Å². The maximum absolute atomic E-state index is 14.2. The second-order valence-corrected chi connectivity index (χ2v) is 14.3. The molecule has 0 saturated heterocycles. The maximum atomic E-state index is 14.2. The summed E-state index contributed by atoms with van der Waals surface area (Å²) in [5, 5.41) is 0. The molecule has 2 aromatic rings. The van der Waals surface area contributed by atoms with E-state index in [1.165, 1.54) is 4.57 Å². The van der Waals surface area contributed by atoms with E-state index in [4.69, 9.17) is 4.74 Å². The van der Waals surface area contributed by atoms with Gasteiger partial charge in [-0.2, -0.15) is 0 Å². The van der Waals surface area contributed by atoms with E-state index >= 15 is 0 Å². The molecule has 1 aromatic heterocycles. The van der Waals surface area contributed by atoms with Crippen molar-refractivity contribution >= 4 is 52.4 Å². The van der Waals surface area contributed by atoms with E-state index in [0.717, 1.165) is 12.1 Å². The highest BCUT2D eigenvalue weighted by molar-refractivity contribution is 14.1. The molecule has 0 fully saturated rings. The predicted molar refractivity (Wildman–Crippen MR) is 100 cm³/mol. The lowest BCUT2D eigenvalue weighted by atomic mass is 10.3. The fourth-order valence-electron chi connectivity index (χ4n) is 2.13. The molecule has 0 N–H and O–H groups in total. The van der Waals surface area contributed by atoms with Crippen LogP contribution in [0.15, 0.2) is 6.07 Å². The normalized spacial score (nSPS) is 12.5. The van der Waals surface area contributed by atoms with Crippen LogP contribution in [0.2, 0.25) is 25.7 Å². The molecule has 0 unspecified atom stereocenters. The first kappa shape index (κ1) is 19.7. The van der Waals surface area contributed by atoms with Crippen molar-refractivity contribution in [2.75, 3.05) is 6.61 Å². The van der Waals surface area contributed by atoms with Gasteiger partial charge >= 0.3 is 0 Å². The van der Waals surface area contributed by atoms with Gasteiger partial charge in [-0.15, -0.1) is 0 Å². The van der Waals surface area contributed by atoms with Crippen LogP contribution in [-0.4, -0.2) is 32.6 Å². The van der Waals surface area contributed by atoms with Gasteiger partial charge in [0.15, 0.2) is 5.82 Å². The number of ether oxygens (including phenoxy) is 1. The van der Waals surface area contributed by atoms with Crippen molar-refractivity contribution in [3.63, 3.8) is 0 Å². The number of hydrogen-bond acceptors (Lipinski definition) is 4. The van der Waals surface area contributed by atoms with Crippen LogP contribution < -0.4 is 0 Å². The van der Waals surface area contributed by atoms with Crippen LogP contribution in [-0.2, 0) is 27.9 Å². The number of halogens is 3. The standard InChI is InChI=1S/C14H19F2IN2O3SSi/c1-24(2,3)5-4-22-8-19-10-6-9(15)13(17)12(16)14(10)18-11(19)7-23(20)21/h6,23H,4-5,7-8H2,1-3H3. The Morgan fingerprint density at radius 1 is 1.33 bits per heavy atom. The number of rotatable bonds is 7. The van der Waals surface area contributed by atoms with Gasteiger partial charge in [-0.05, 0) is 28.6 Å². The monoisotopic (exact) mass is 488 g/mol. The number of hydrogen-bond donors (Lipinski definition) is 1. The highest BCUT2D eigenvalue weighted by atomic mass is 127. The summed E-state index contributed by atoms with van der Waals surface area (Å²) in [6, 6.07) is 2.10. The van der Waals surface area contributed by atoms with Gasteiger partial charge in [0.05, 0.1) is 9.09 Å². The second-order valence-electron chi connectivity index (χ2n) is 6.65. The minimum atomic E-state index is -2.74. The van der Waals surface area contributed by atoms with Gasteiger partial charge in [0.25, 0.3) is 0 Å². The zero-order valence-electron chi connectivity index (χ0n) is 13.6. The number of aromatic nitrogens is 2. The summed E-state index contributed by atoms with van der Waals surface area (Å²) in [7, 11) is -4.01. The van der Waals surface area contributed by atoms with E-state index in [0.29, 0.717) is 6.61 Å². The maximum Gasteiger partial charge on any atom is 0.167 e. The largest absolute Gasteiger partial charge is 0.361 e. The summed E-state index contributed by atoms with van der Waals surface area (Å²) in [6.07, 6.45) is 0. The van der Waals surface area contributed by atoms with Crippen LogP contribution in [0, 0.1) is 15.2 Å². The van der Waals surface area contributed by atoms with Crippen molar-refractivity contribution < 1.29 is 21.9 Å². The average molecular weight is 488 g/mol. The molecule has 2 rings (SSSR count). The molecule has 134 valence electrons. The quantitative estimate of drug-likeness (QED) is 0.214. The molecule has 0 aliphatic heterocycles. The highest BCUT2D eigenvalue weighted by Crippen LogP contribution is 2.26. The Balaban J connectivity index is 2.37. The van der Waals surface area contributed by atoms with Gasteiger partial charge in [-0.25, -0.2) is 22.2 Å². The summed E-state index contributed by atoms with van der Waals surface area (Å²) >= 11 is 1.56. The molecule has 1 aromatic carbocycles. The molecule has 5 nitrogen and oxygen atoms in total. The fourth-order valence-corrected chi connectivity index (χ4v) is 3.77. The molecule has 0 radical (unpaired) electrons. The number of nitrogens with zero attached hydrogens (tertiary/aromatic N) is 2. The Bertz CT molecular complexity index is 826. The topological polar surface area (TPSA) is 61.2 Å². The van der Waals surface area contributed by atoms with Crippen molar-refractivity contribution in [1.82, 2.24) is 9.55 Å². The third-order valence-corrected chi connectivity index (χ3v) is 6.68. The van der Waals surface area contributed by atoms with Gasteiger partial charge < -0.3 is 9.30 Å². The van der Waals surface area contributed by atoms with Crippen molar-refractivity contribution in [3.05, 3.63) is 27.1 Å². The first-order chi connectivity index (χ1) is 11.1. The van der Waals surface area contributed by atoms with Crippen LogP contribution in [0.3, 0.4) is 0 Å². The lowest BCUT2D eigenvalue weighted by Gasteiger charge is -2.16. The van der Waals surface area contributed by atoms with Gasteiger partial charge in [0.2, 0.25) is 0 Å².